The predicted octanol–water partition coefficient (Wildman–Crippen LogP) is 4.49. The van der Waals surface area contributed by atoms with E-state index in [2.05, 4.69) is 0 Å². The summed E-state index contributed by atoms with van der Waals surface area (Å²) < 4.78 is 10.2. The molecule has 0 aliphatic heterocycles. The first kappa shape index (κ1) is 18.4. The maximum Gasteiger partial charge on any atom is 0.305 e. The van der Waals surface area contributed by atoms with Gasteiger partial charge in [0.2, 0.25) is 0 Å². The van der Waals surface area contributed by atoms with Crippen molar-refractivity contribution in [2.24, 2.45) is 0 Å². The summed E-state index contributed by atoms with van der Waals surface area (Å²) in [7, 11) is 0. The molecule has 114 valence electrons. The Morgan fingerprint density at radius 3 is 1.79 bits per heavy atom. The highest BCUT2D eigenvalue weighted by Crippen LogP contribution is 2.10. The van der Waals surface area contributed by atoms with Crippen molar-refractivity contribution in [3.63, 3.8) is 0 Å². The molecular formula is C16H32O3. The molecule has 0 aliphatic carbocycles. The van der Waals surface area contributed by atoms with Crippen LogP contribution in [0.15, 0.2) is 0 Å². The van der Waals surface area contributed by atoms with Crippen LogP contribution in [-0.2, 0) is 14.3 Å². The van der Waals surface area contributed by atoms with Crippen LogP contribution in [0.1, 0.15) is 78.1 Å². The Kier molecular flexibility index (Phi) is 15.0. The molecule has 0 heterocycles. The molecule has 3 nitrogen and oxygen atoms in total. The van der Waals surface area contributed by atoms with E-state index in [0.29, 0.717) is 13.0 Å². The Hall–Kier alpha value is -0.570. The second kappa shape index (κ2) is 15.5. The lowest BCUT2D eigenvalue weighted by molar-refractivity contribution is -0.143. The molecule has 0 aliphatic rings. The van der Waals surface area contributed by atoms with Crippen LogP contribution >= 0.6 is 0 Å². The number of rotatable bonds is 14. The van der Waals surface area contributed by atoms with E-state index >= 15 is 0 Å². The van der Waals surface area contributed by atoms with Gasteiger partial charge in [-0.05, 0) is 26.7 Å². The highest BCUT2D eigenvalue weighted by molar-refractivity contribution is 5.69. The topological polar surface area (TPSA) is 35.5 Å². The molecule has 0 aromatic carbocycles. The fourth-order valence-electron chi connectivity index (χ4n) is 2.09. The number of esters is 1. The molecule has 0 atom stereocenters. The lowest BCUT2D eigenvalue weighted by Gasteiger charge is -2.03. The molecule has 0 unspecified atom stereocenters. The maximum absolute atomic E-state index is 11.1. The summed E-state index contributed by atoms with van der Waals surface area (Å²) in [6.45, 7) is 6.16. The van der Waals surface area contributed by atoms with Gasteiger partial charge in [0.15, 0.2) is 0 Å². The van der Waals surface area contributed by atoms with E-state index in [1.54, 1.807) is 0 Å². The minimum atomic E-state index is -0.0446. The van der Waals surface area contributed by atoms with Crippen LogP contribution in [0.2, 0.25) is 0 Å². The molecule has 0 saturated carbocycles. The Labute approximate surface area is 119 Å². The first-order valence-electron chi connectivity index (χ1n) is 8.04. The fourth-order valence-corrected chi connectivity index (χ4v) is 2.09. The molecule has 0 aromatic rings. The van der Waals surface area contributed by atoms with E-state index in [0.717, 1.165) is 26.1 Å². The van der Waals surface area contributed by atoms with Crippen LogP contribution in [0.5, 0.6) is 0 Å². The molecule has 0 fully saturated rings. The maximum atomic E-state index is 11.1. The molecule has 0 amide bonds. The van der Waals surface area contributed by atoms with Gasteiger partial charge < -0.3 is 9.47 Å². The van der Waals surface area contributed by atoms with Crippen LogP contribution < -0.4 is 0 Å². The Bertz CT molecular complexity index is 192. The normalized spacial score (nSPS) is 10.6. The Morgan fingerprint density at radius 2 is 1.26 bits per heavy atom. The standard InChI is InChI=1S/C16H32O3/c1-3-18-15-13-11-9-7-5-6-8-10-12-14-16(17)19-4-2/h3-15H2,1-2H3. The van der Waals surface area contributed by atoms with Crippen molar-refractivity contribution < 1.29 is 14.3 Å². The fraction of sp³-hybridized carbons (Fsp3) is 0.938. The van der Waals surface area contributed by atoms with Crippen molar-refractivity contribution in [2.75, 3.05) is 19.8 Å². The van der Waals surface area contributed by atoms with E-state index in [1.807, 2.05) is 13.8 Å². The molecule has 19 heavy (non-hydrogen) atoms. The molecule has 0 N–H and O–H groups in total. The quantitative estimate of drug-likeness (QED) is 0.345. The molecule has 0 rings (SSSR count). The third-order valence-corrected chi connectivity index (χ3v) is 3.18. The number of ether oxygens (including phenoxy) is 2. The molecule has 3 heteroatoms. The summed E-state index contributed by atoms with van der Waals surface area (Å²) in [6.07, 6.45) is 11.8. The molecule has 0 spiro atoms. The number of hydrogen-bond acceptors (Lipinski definition) is 3. The predicted molar refractivity (Wildman–Crippen MR) is 79.3 cm³/mol. The zero-order chi connectivity index (χ0) is 14.2. The van der Waals surface area contributed by atoms with Gasteiger partial charge in [-0.2, -0.15) is 0 Å². The minimum Gasteiger partial charge on any atom is -0.466 e. The number of unbranched alkanes of at least 4 members (excludes halogenated alkanes) is 8. The lowest BCUT2D eigenvalue weighted by atomic mass is 10.1. The van der Waals surface area contributed by atoms with Crippen molar-refractivity contribution in [1.29, 1.82) is 0 Å². The summed E-state index contributed by atoms with van der Waals surface area (Å²) in [4.78, 5) is 11.1. The molecule has 0 bridgehead atoms. The van der Waals surface area contributed by atoms with E-state index < -0.39 is 0 Å². The molecular weight excluding hydrogens is 240 g/mol. The van der Waals surface area contributed by atoms with Crippen molar-refractivity contribution in [3.05, 3.63) is 0 Å². The summed E-state index contributed by atoms with van der Waals surface area (Å²) >= 11 is 0. The van der Waals surface area contributed by atoms with E-state index in [4.69, 9.17) is 9.47 Å². The monoisotopic (exact) mass is 272 g/mol. The van der Waals surface area contributed by atoms with Gasteiger partial charge in [0, 0.05) is 19.6 Å². The van der Waals surface area contributed by atoms with Gasteiger partial charge in [-0.3, -0.25) is 4.79 Å². The lowest BCUT2D eigenvalue weighted by Crippen LogP contribution is -2.03. The largest absolute Gasteiger partial charge is 0.466 e. The van der Waals surface area contributed by atoms with Crippen LogP contribution in [0.4, 0.5) is 0 Å². The van der Waals surface area contributed by atoms with E-state index in [9.17, 15) is 4.79 Å². The number of hydrogen-bond donors (Lipinski definition) is 0. The first-order valence-corrected chi connectivity index (χ1v) is 8.04. The van der Waals surface area contributed by atoms with Crippen LogP contribution in [0.3, 0.4) is 0 Å². The zero-order valence-electron chi connectivity index (χ0n) is 12.9. The Balaban J connectivity index is 3.01. The highest BCUT2D eigenvalue weighted by Gasteiger charge is 2.00. The van der Waals surface area contributed by atoms with E-state index in [-0.39, 0.29) is 5.97 Å². The van der Waals surface area contributed by atoms with Crippen molar-refractivity contribution in [3.8, 4) is 0 Å². The third-order valence-electron chi connectivity index (χ3n) is 3.18. The van der Waals surface area contributed by atoms with Crippen LogP contribution in [0, 0.1) is 0 Å². The zero-order valence-corrected chi connectivity index (χ0v) is 12.9. The summed E-state index contributed by atoms with van der Waals surface area (Å²) in [5, 5.41) is 0. The van der Waals surface area contributed by atoms with Gasteiger partial charge in [-0.25, -0.2) is 0 Å². The van der Waals surface area contributed by atoms with Crippen LogP contribution in [-0.4, -0.2) is 25.8 Å². The number of carbonyl (C=O) groups is 1. The average Bonchev–Trinajstić information content (AvgIpc) is 2.40. The first-order chi connectivity index (χ1) is 9.31. The van der Waals surface area contributed by atoms with Crippen molar-refractivity contribution in [1.82, 2.24) is 0 Å². The third kappa shape index (κ3) is 15.4. The van der Waals surface area contributed by atoms with Gasteiger partial charge in [0.25, 0.3) is 0 Å². The van der Waals surface area contributed by atoms with Gasteiger partial charge in [0.1, 0.15) is 0 Å². The molecule has 0 radical (unpaired) electrons. The van der Waals surface area contributed by atoms with Gasteiger partial charge >= 0.3 is 5.97 Å². The minimum absolute atomic E-state index is 0.0446. The second-order valence-corrected chi connectivity index (χ2v) is 4.93. The van der Waals surface area contributed by atoms with Gasteiger partial charge in [-0.15, -0.1) is 0 Å². The smallest absolute Gasteiger partial charge is 0.305 e. The van der Waals surface area contributed by atoms with Gasteiger partial charge in [-0.1, -0.05) is 44.9 Å². The number of carbonyl (C=O) groups excluding carboxylic acids is 1. The summed E-state index contributed by atoms with van der Waals surface area (Å²) in [5.74, 6) is -0.0446. The van der Waals surface area contributed by atoms with Crippen LogP contribution in [0.25, 0.3) is 0 Å². The van der Waals surface area contributed by atoms with Gasteiger partial charge in [0.05, 0.1) is 6.61 Å². The summed E-state index contributed by atoms with van der Waals surface area (Å²) in [6, 6.07) is 0. The molecule has 0 saturated heterocycles. The van der Waals surface area contributed by atoms with Crippen molar-refractivity contribution in [2.45, 2.75) is 78.1 Å². The van der Waals surface area contributed by atoms with Crippen molar-refractivity contribution >= 4 is 5.97 Å². The SMILES string of the molecule is CCOCCCCCCCCCCCC(=O)OCC. The van der Waals surface area contributed by atoms with E-state index in [1.165, 1.54) is 44.9 Å². The summed E-state index contributed by atoms with van der Waals surface area (Å²) in [5.41, 5.74) is 0. The second-order valence-electron chi connectivity index (χ2n) is 4.93. The average molecular weight is 272 g/mol. The highest BCUT2D eigenvalue weighted by atomic mass is 16.5. The Morgan fingerprint density at radius 1 is 0.737 bits per heavy atom. The molecule has 0 aromatic heterocycles.